The highest BCUT2D eigenvalue weighted by Gasteiger charge is 2.28. The number of thiophene rings is 2. The lowest BCUT2D eigenvalue weighted by Gasteiger charge is -2.32. The third-order valence-electron chi connectivity index (χ3n) is 10.4. The van der Waals surface area contributed by atoms with Gasteiger partial charge in [-0.15, -0.1) is 22.7 Å². The van der Waals surface area contributed by atoms with Crippen LogP contribution in [-0.2, 0) is 6.42 Å². The van der Waals surface area contributed by atoms with Gasteiger partial charge in [-0.1, -0.05) is 121 Å². The van der Waals surface area contributed by atoms with Crippen molar-refractivity contribution in [3.63, 3.8) is 0 Å². The van der Waals surface area contributed by atoms with E-state index >= 15 is 0 Å². The van der Waals surface area contributed by atoms with Crippen molar-refractivity contribution < 1.29 is 4.42 Å². The second-order valence-corrected chi connectivity index (χ2v) is 15.6. The molecular formula is C45H31N3OS2. The average molecular weight is 694 g/mol. The van der Waals surface area contributed by atoms with E-state index in [1.165, 1.54) is 51.8 Å². The molecule has 244 valence electrons. The molecule has 0 saturated carbocycles. The van der Waals surface area contributed by atoms with Crippen LogP contribution in [0.5, 0.6) is 0 Å². The minimum atomic E-state index is -0.289. The third kappa shape index (κ3) is 4.64. The van der Waals surface area contributed by atoms with E-state index in [1.807, 2.05) is 28.7 Å². The normalized spacial score (nSPS) is 17.4. The Morgan fingerprint density at radius 3 is 2.43 bits per heavy atom. The molecule has 6 aromatic carbocycles. The number of hydrogen-bond donors (Lipinski definition) is 2. The summed E-state index contributed by atoms with van der Waals surface area (Å²) >= 11 is 3.78. The summed E-state index contributed by atoms with van der Waals surface area (Å²) in [6.07, 6.45) is 6.38. The first-order chi connectivity index (χ1) is 25.3. The monoisotopic (exact) mass is 693 g/mol. The maximum absolute atomic E-state index is 6.84. The summed E-state index contributed by atoms with van der Waals surface area (Å²) in [5.74, 6) is 0.870. The summed E-state index contributed by atoms with van der Waals surface area (Å²) < 4.78 is 10.8. The van der Waals surface area contributed by atoms with Gasteiger partial charge in [-0.25, -0.2) is 4.99 Å². The molecule has 1 aliphatic heterocycles. The number of allylic oxidation sites excluding steroid dienone is 1. The van der Waals surface area contributed by atoms with Crippen LogP contribution >= 0.6 is 22.7 Å². The molecular weight excluding hydrogens is 663 g/mol. The topological polar surface area (TPSA) is 49.6 Å². The van der Waals surface area contributed by atoms with Crippen LogP contribution in [0.3, 0.4) is 0 Å². The van der Waals surface area contributed by atoms with E-state index in [4.69, 9.17) is 9.41 Å². The number of aryl methyl sites for hydroxylation is 1. The molecule has 2 N–H and O–H groups in total. The molecule has 51 heavy (non-hydrogen) atoms. The molecule has 0 radical (unpaired) electrons. The molecule has 2 aliphatic rings. The molecule has 0 bridgehead atoms. The van der Waals surface area contributed by atoms with Crippen LogP contribution in [0.2, 0.25) is 0 Å². The van der Waals surface area contributed by atoms with E-state index in [2.05, 4.69) is 144 Å². The number of aliphatic imine (C=N–C) groups is 1. The molecule has 0 amide bonds. The molecule has 1 aliphatic carbocycles. The van der Waals surface area contributed by atoms with Gasteiger partial charge in [0, 0.05) is 62.6 Å². The maximum Gasteiger partial charge on any atom is 0.143 e. The second kappa shape index (κ2) is 11.5. The third-order valence-corrected chi connectivity index (χ3v) is 12.9. The molecule has 4 nitrogen and oxygen atoms in total. The number of rotatable bonds is 4. The predicted octanol–water partition coefficient (Wildman–Crippen LogP) is 12.1. The Morgan fingerprint density at radius 2 is 1.49 bits per heavy atom. The molecule has 9 aromatic rings. The van der Waals surface area contributed by atoms with Crippen LogP contribution < -0.4 is 10.6 Å². The Labute approximate surface area is 302 Å². The van der Waals surface area contributed by atoms with E-state index < -0.39 is 0 Å². The lowest BCUT2D eigenvalue weighted by atomic mass is 9.98. The van der Waals surface area contributed by atoms with Crippen molar-refractivity contribution in [2.75, 3.05) is 0 Å². The van der Waals surface area contributed by atoms with E-state index in [9.17, 15) is 0 Å². The quantitative estimate of drug-likeness (QED) is 0.193. The van der Waals surface area contributed by atoms with Gasteiger partial charge in [-0.2, -0.15) is 0 Å². The lowest BCUT2D eigenvalue weighted by molar-refractivity contribution is 0.411. The van der Waals surface area contributed by atoms with Crippen LogP contribution in [0.15, 0.2) is 143 Å². The Kier molecular flexibility index (Phi) is 6.59. The number of furan rings is 1. The number of amidine groups is 1. The zero-order chi connectivity index (χ0) is 33.5. The van der Waals surface area contributed by atoms with Crippen molar-refractivity contribution in [2.45, 2.75) is 25.2 Å². The molecule has 0 saturated heterocycles. The Morgan fingerprint density at radius 1 is 0.686 bits per heavy atom. The Bertz CT molecular complexity index is 2890. The average Bonchev–Trinajstić information content (AvgIpc) is 3.89. The summed E-state index contributed by atoms with van der Waals surface area (Å²) in [6.45, 7) is 0. The number of fused-ring (bicyclic) bond motifs is 9. The van der Waals surface area contributed by atoms with E-state index in [0.717, 1.165) is 57.3 Å². The van der Waals surface area contributed by atoms with E-state index in [1.54, 1.807) is 0 Å². The Balaban J connectivity index is 1.04. The van der Waals surface area contributed by atoms with Gasteiger partial charge in [-0.3, -0.25) is 5.32 Å². The zero-order valence-corrected chi connectivity index (χ0v) is 29.2. The largest absolute Gasteiger partial charge is 0.455 e. The zero-order valence-electron chi connectivity index (χ0n) is 27.5. The minimum absolute atomic E-state index is 0.158. The maximum atomic E-state index is 6.84. The van der Waals surface area contributed by atoms with Crippen molar-refractivity contribution in [3.05, 3.63) is 161 Å². The highest BCUT2D eigenvalue weighted by atomic mass is 32.1. The van der Waals surface area contributed by atoms with Gasteiger partial charge in [0.05, 0.1) is 0 Å². The fourth-order valence-electron chi connectivity index (χ4n) is 8.06. The first-order valence-electron chi connectivity index (χ1n) is 17.5. The highest BCUT2D eigenvalue weighted by Crippen LogP contribution is 2.45. The SMILES string of the molecule is C1=Cc2c(sc3c(-c4cccc5c4oc4cc(C6N=C(c7ccccc7)NC(c7cccc8sc9ccccc9c78)N6)ccc45)cccc23)CC1. The summed E-state index contributed by atoms with van der Waals surface area (Å²) in [6, 6.07) is 45.6. The van der Waals surface area contributed by atoms with Crippen LogP contribution in [0.25, 0.3) is 69.4 Å². The van der Waals surface area contributed by atoms with Crippen molar-refractivity contribution >= 4 is 86.8 Å². The van der Waals surface area contributed by atoms with Gasteiger partial charge in [0.15, 0.2) is 0 Å². The van der Waals surface area contributed by atoms with Gasteiger partial charge in [0.25, 0.3) is 0 Å². The summed E-state index contributed by atoms with van der Waals surface area (Å²) in [7, 11) is 0. The standard InChI is InChI=1S/C45H31N3OS2/c1-2-11-26(12-3-1)43-46-44(48-45(47-43)35-19-10-22-39-40(35)34-14-5-7-21-38(34)50-39)27-23-24-28-30-15-8-16-31(41(30)49-36(28)25-27)33-18-9-17-32-29-13-4-6-20-37(29)51-42(32)33/h1-5,7-19,21-25,44-45,48H,6,20H2,(H,46,47). The molecule has 6 heteroatoms. The molecule has 11 rings (SSSR count). The van der Waals surface area contributed by atoms with Gasteiger partial charge in [0.1, 0.15) is 29.3 Å². The number of hydrogen-bond acceptors (Lipinski definition) is 6. The molecule has 2 atom stereocenters. The summed E-state index contributed by atoms with van der Waals surface area (Å²) in [5.41, 5.74) is 8.90. The van der Waals surface area contributed by atoms with Gasteiger partial charge >= 0.3 is 0 Å². The first kappa shape index (κ1) is 29.2. The van der Waals surface area contributed by atoms with Crippen LogP contribution in [0.1, 0.15) is 45.9 Å². The molecule has 0 fully saturated rings. The van der Waals surface area contributed by atoms with Gasteiger partial charge < -0.3 is 9.73 Å². The number of nitrogens with one attached hydrogen (secondary N) is 2. The van der Waals surface area contributed by atoms with Crippen LogP contribution in [0.4, 0.5) is 0 Å². The molecule has 4 heterocycles. The van der Waals surface area contributed by atoms with E-state index in [0.29, 0.717) is 0 Å². The number of para-hydroxylation sites is 1. The number of benzene rings is 6. The van der Waals surface area contributed by atoms with Crippen LogP contribution in [-0.4, -0.2) is 5.84 Å². The van der Waals surface area contributed by atoms with Gasteiger partial charge in [0.2, 0.25) is 0 Å². The highest BCUT2D eigenvalue weighted by molar-refractivity contribution is 7.25. The minimum Gasteiger partial charge on any atom is -0.455 e. The lowest BCUT2D eigenvalue weighted by Crippen LogP contribution is -2.45. The fraction of sp³-hybridized carbons (Fsp3) is 0.0889. The Hall–Kier alpha value is -5.53. The summed E-state index contributed by atoms with van der Waals surface area (Å²) in [5, 5.41) is 13.8. The van der Waals surface area contributed by atoms with Crippen molar-refractivity contribution in [3.8, 4) is 11.1 Å². The second-order valence-electron chi connectivity index (χ2n) is 13.4. The van der Waals surface area contributed by atoms with Crippen molar-refractivity contribution in [2.24, 2.45) is 4.99 Å². The first-order valence-corrected chi connectivity index (χ1v) is 19.1. The summed E-state index contributed by atoms with van der Waals surface area (Å²) in [4.78, 5) is 6.75. The van der Waals surface area contributed by atoms with Crippen LogP contribution in [0, 0.1) is 0 Å². The molecule has 2 unspecified atom stereocenters. The fourth-order valence-corrected chi connectivity index (χ4v) is 10.5. The van der Waals surface area contributed by atoms with Crippen molar-refractivity contribution in [1.82, 2.24) is 10.6 Å². The molecule has 0 spiro atoms. The predicted molar refractivity (Wildman–Crippen MR) is 216 cm³/mol. The molecule has 3 aromatic heterocycles. The van der Waals surface area contributed by atoms with E-state index in [-0.39, 0.29) is 12.3 Å². The number of nitrogens with zero attached hydrogens (tertiary/aromatic N) is 1. The van der Waals surface area contributed by atoms with Gasteiger partial charge in [-0.05, 0) is 47.7 Å². The van der Waals surface area contributed by atoms with Crippen molar-refractivity contribution in [1.29, 1.82) is 0 Å². The smallest absolute Gasteiger partial charge is 0.143 e.